The van der Waals surface area contributed by atoms with Gasteiger partial charge in [0.1, 0.15) is 0 Å². The van der Waals surface area contributed by atoms with Crippen LogP contribution >= 0.6 is 11.3 Å². The molecule has 1 N–H and O–H groups in total. The van der Waals surface area contributed by atoms with Crippen LogP contribution in [0.1, 0.15) is 17.0 Å². The van der Waals surface area contributed by atoms with E-state index in [1.165, 1.54) is 0 Å². The smallest absolute Gasteiger partial charge is 0.220 e. The summed E-state index contributed by atoms with van der Waals surface area (Å²) in [4.78, 5) is 15.9. The summed E-state index contributed by atoms with van der Waals surface area (Å²) in [6, 6.07) is 5.78. The molecule has 0 aliphatic rings. The maximum absolute atomic E-state index is 11.8. The summed E-state index contributed by atoms with van der Waals surface area (Å²) in [7, 11) is 3.22. The number of ether oxygens (including phenoxy) is 2. The fourth-order valence-electron chi connectivity index (χ4n) is 2.07. The van der Waals surface area contributed by atoms with Crippen LogP contribution in [-0.2, 0) is 17.6 Å². The third-order valence-electron chi connectivity index (χ3n) is 3.23. The quantitative estimate of drug-likeness (QED) is 0.811. The Hall–Kier alpha value is -2.08. The highest BCUT2D eigenvalue weighted by molar-refractivity contribution is 7.09. The van der Waals surface area contributed by atoms with E-state index < -0.39 is 0 Å². The third kappa shape index (κ3) is 4.73. The molecular formula is C16H20N2O3S. The first-order valence-corrected chi connectivity index (χ1v) is 7.97. The SMILES string of the molecule is COc1ccc(CCNC(=O)CCc2nccs2)cc1OC. The lowest BCUT2D eigenvalue weighted by Crippen LogP contribution is -2.25. The van der Waals surface area contributed by atoms with Gasteiger partial charge in [0.15, 0.2) is 11.5 Å². The van der Waals surface area contributed by atoms with Gasteiger partial charge >= 0.3 is 0 Å². The first-order valence-electron chi connectivity index (χ1n) is 7.09. The number of hydrogen-bond donors (Lipinski definition) is 1. The minimum atomic E-state index is 0.0516. The van der Waals surface area contributed by atoms with Crippen molar-refractivity contribution in [2.24, 2.45) is 0 Å². The fraction of sp³-hybridized carbons (Fsp3) is 0.375. The molecular weight excluding hydrogens is 300 g/mol. The first-order chi connectivity index (χ1) is 10.7. The van der Waals surface area contributed by atoms with Crippen molar-refractivity contribution in [2.75, 3.05) is 20.8 Å². The van der Waals surface area contributed by atoms with Gasteiger partial charge in [0.25, 0.3) is 0 Å². The molecule has 0 fully saturated rings. The van der Waals surface area contributed by atoms with E-state index in [1.54, 1.807) is 31.8 Å². The monoisotopic (exact) mass is 320 g/mol. The molecule has 0 aliphatic carbocycles. The van der Waals surface area contributed by atoms with Gasteiger partial charge in [-0.05, 0) is 24.1 Å². The molecule has 0 unspecified atom stereocenters. The molecule has 2 rings (SSSR count). The van der Waals surface area contributed by atoms with E-state index in [0.717, 1.165) is 17.0 Å². The van der Waals surface area contributed by atoms with Crippen LogP contribution in [0.4, 0.5) is 0 Å². The van der Waals surface area contributed by atoms with Crippen LogP contribution < -0.4 is 14.8 Å². The zero-order valence-electron chi connectivity index (χ0n) is 12.8. The van der Waals surface area contributed by atoms with E-state index in [4.69, 9.17) is 9.47 Å². The molecule has 0 radical (unpaired) electrons. The zero-order chi connectivity index (χ0) is 15.8. The molecule has 2 aromatic rings. The lowest BCUT2D eigenvalue weighted by molar-refractivity contribution is -0.121. The number of benzene rings is 1. The van der Waals surface area contributed by atoms with Crippen molar-refractivity contribution in [2.45, 2.75) is 19.3 Å². The predicted molar refractivity (Wildman–Crippen MR) is 86.7 cm³/mol. The van der Waals surface area contributed by atoms with Gasteiger partial charge in [0.05, 0.1) is 19.2 Å². The molecule has 0 spiro atoms. The van der Waals surface area contributed by atoms with Crippen LogP contribution in [0, 0.1) is 0 Å². The highest BCUT2D eigenvalue weighted by Gasteiger charge is 2.06. The number of carbonyl (C=O) groups is 1. The second kappa shape index (κ2) is 8.38. The number of amides is 1. The molecule has 0 bridgehead atoms. The molecule has 22 heavy (non-hydrogen) atoms. The Morgan fingerprint density at radius 1 is 1.23 bits per heavy atom. The van der Waals surface area contributed by atoms with Crippen LogP contribution in [0.3, 0.4) is 0 Å². The highest BCUT2D eigenvalue weighted by atomic mass is 32.1. The summed E-state index contributed by atoms with van der Waals surface area (Å²) < 4.78 is 10.5. The molecule has 0 saturated heterocycles. The molecule has 0 atom stereocenters. The molecule has 1 aromatic carbocycles. The van der Waals surface area contributed by atoms with Crippen LogP contribution in [0.5, 0.6) is 11.5 Å². The Labute approximate surface area is 134 Å². The van der Waals surface area contributed by atoms with Crippen molar-refractivity contribution in [3.63, 3.8) is 0 Å². The molecule has 0 aliphatic heterocycles. The van der Waals surface area contributed by atoms with E-state index >= 15 is 0 Å². The number of carbonyl (C=O) groups excluding carboxylic acids is 1. The summed E-state index contributed by atoms with van der Waals surface area (Å²) in [6.45, 7) is 0.603. The van der Waals surface area contributed by atoms with Gasteiger partial charge in [-0.2, -0.15) is 0 Å². The molecule has 6 heteroatoms. The minimum Gasteiger partial charge on any atom is -0.493 e. The number of methoxy groups -OCH3 is 2. The van der Waals surface area contributed by atoms with E-state index in [1.807, 2.05) is 23.6 Å². The molecule has 1 aromatic heterocycles. The standard InChI is InChI=1S/C16H20N2O3S/c1-20-13-4-3-12(11-14(13)21-2)7-8-17-15(19)5-6-16-18-9-10-22-16/h3-4,9-11H,5-8H2,1-2H3,(H,17,19). The Balaban J connectivity index is 1.74. The topological polar surface area (TPSA) is 60.5 Å². The van der Waals surface area contributed by atoms with Crippen molar-refractivity contribution in [1.29, 1.82) is 0 Å². The summed E-state index contributed by atoms with van der Waals surface area (Å²) in [5.74, 6) is 1.46. The van der Waals surface area contributed by atoms with Gasteiger partial charge in [-0.3, -0.25) is 4.79 Å². The number of hydrogen-bond acceptors (Lipinski definition) is 5. The van der Waals surface area contributed by atoms with Crippen molar-refractivity contribution in [3.05, 3.63) is 40.3 Å². The molecule has 1 amide bonds. The van der Waals surface area contributed by atoms with Gasteiger partial charge < -0.3 is 14.8 Å². The van der Waals surface area contributed by atoms with Crippen molar-refractivity contribution < 1.29 is 14.3 Å². The maximum Gasteiger partial charge on any atom is 0.220 e. The fourth-order valence-corrected chi connectivity index (χ4v) is 2.69. The second-order valence-electron chi connectivity index (χ2n) is 4.72. The Kier molecular flexibility index (Phi) is 6.21. The van der Waals surface area contributed by atoms with Gasteiger partial charge in [0, 0.05) is 31.0 Å². The summed E-state index contributed by atoms with van der Waals surface area (Å²) in [5.41, 5.74) is 1.10. The molecule has 5 nitrogen and oxygen atoms in total. The van der Waals surface area contributed by atoms with Crippen molar-refractivity contribution in [3.8, 4) is 11.5 Å². The highest BCUT2D eigenvalue weighted by Crippen LogP contribution is 2.27. The second-order valence-corrected chi connectivity index (χ2v) is 5.69. The lowest BCUT2D eigenvalue weighted by Gasteiger charge is -2.10. The maximum atomic E-state index is 11.8. The summed E-state index contributed by atoms with van der Waals surface area (Å²) in [6.07, 6.45) is 3.68. The number of aryl methyl sites for hydroxylation is 1. The Morgan fingerprint density at radius 3 is 2.73 bits per heavy atom. The van der Waals surface area contributed by atoms with Crippen LogP contribution in [-0.4, -0.2) is 31.7 Å². The largest absolute Gasteiger partial charge is 0.493 e. The van der Waals surface area contributed by atoms with Crippen LogP contribution in [0.2, 0.25) is 0 Å². The van der Waals surface area contributed by atoms with Gasteiger partial charge in [0.2, 0.25) is 5.91 Å². The van der Waals surface area contributed by atoms with Crippen molar-refractivity contribution >= 4 is 17.2 Å². The van der Waals surface area contributed by atoms with Crippen LogP contribution in [0.15, 0.2) is 29.8 Å². The molecule has 0 saturated carbocycles. The third-order valence-corrected chi connectivity index (χ3v) is 4.07. The number of thiazole rings is 1. The lowest BCUT2D eigenvalue weighted by atomic mass is 10.1. The average Bonchev–Trinajstić information content (AvgIpc) is 3.06. The number of rotatable bonds is 8. The Bertz CT molecular complexity index is 599. The van der Waals surface area contributed by atoms with E-state index in [-0.39, 0.29) is 5.91 Å². The predicted octanol–water partition coefficient (Wildman–Crippen LogP) is 2.45. The van der Waals surface area contributed by atoms with Gasteiger partial charge in [-0.25, -0.2) is 4.98 Å². The summed E-state index contributed by atoms with van der Waals surface area (Å²) in [5, 5.41) is 5.84. The molecule has 1 heterocycles. The van der Waals surface area contributed by atoms with Gasteiger partial charge in [-0.1, -0.05) is 6.07 Å². The van der Waals surface area contributed by atoms with Crippen LogP contribution in [0.25, 0.3) is 0 Å². The minimum absolute atomic E-state index is 0.0516. The van der Waals surface area contributed by atoms with E-state index in [2.05, 4.69) is 10.3 Å². The Morgan fingerprint density at radius 2 is 2.05 bits per heavy atom. The number of aromatic nitrogens is 1. The zero-order valence-corrected chi connectivity index (χ0v) is 13.6. The van der Waals surface area contributed by atoms with Crippen molar-refractivity contribution in [1.82, 2.24) is 10.3 Å². The van der Waals surface area contributed by atoms with Gasteiger partial charge in [-0.15, -0.1) is 11.3 Å². The number of nitrogens with zero attached hydrogens (tertiary/aromatic N) is 1. The average molecular weight is 320 g/mol. The number of nitrogens with one attached hydrogen (secondary N) is 1. The summed E-state index contributed by atoms with van der Waals surface area (Å²) >= 11 is 1.58. The molecule has 118 valence electrons. The normalized spacial score (nSPS) is 10.3. The first kappa shape index (κ1) is 16.3. The van der Waals surface area contributed by atoms with E-state index in [9.17, 15) is 4.79 Å². The van der Waals surface area contributed by atoms with E-state index in [0.29, 0.717) is 30.9 Å².